The maximum absolute atomic E-state index is 11.9. The highest BCUT2D eigenvalue weighted by atomic mass is 32.1. The van der Waals surface area contributed by atoms with Gasteiger partial charge in [0, 0.05) is 26.2 Å². The van der Waals surface area contributed by atoms with Crippen LogP contribution in [0.15, 0.2) is 17.5 Å². The third-order valence-electron chi connectivity index (χ3n) is 3.00. The summed E-state index contributed by atoms with van der Waals surface area (Å²) in [4.78, 5) is 28.2. The first kappa shape index (κ1) is 13.0. The van der Waals surface area contributed by atoms with Gasteiger partial charge in [0.25, 0.3) is 5.91 Å². The first-order valence-electron chi connectivity index (χ1n) is 5.95. The number of nitrogens with one attached hydrogen (secondary N) is 1. The molecule has 0 aromatic carbocycles. The molecule has 0 bridgehead atoms. The van der Waals surface area contributed by atoms with Crippen LogP contribution in [0.1, 0.15) is 9.67 Å². The van der Waals surface area contributed by atoms with Crippen molar-refractivity contribution < 1.29 is 9.59 Å². The Morgan fingerprint density at radius 3 is 2.67 bits per heavy atom. The lowest BCUT2D eigenvalue weighted by atomic mass is 10.3. The molecular weight excluding hydrogens is 250 g/mol. The topological polar surface area (TPSA) is 52.6 Å². The molecule has 1 fully saturated rings. The molecule has 1 aliphatic heterocycles. The summed E-state index contributed by atoms with van der Waals surface area (Å²) in [6, 6.07) is 3.57. The Bertz CT molecular complexity index is 411. The standard InChI is InChI=1S/C12H17N3O2S/c1-14-4-6-15(7-5-14)11(16)9-13-12(17)10-3-2-8-18-10/h2-3,8H,4-7,9H2,1H3,(H,13,17). The van der Waals surface area contributed by atoms with Gasteiger partial charge in [0.1, 0.15) is 0 Å². The molecule has 18 heavy (non-hydrogen) atoms. The van der Waals surface area contributed by atoms with E-state index >= 15 is 0 Å². The molecule has 1 aliphatic rings. The molecule has 0 unspecified atom stereocenters. The lowest BCUT2D eigenvalue weighted by Crippen LogP contribution is -2.50. The van der Waals surface area contributed by atoms with Crippen molar-refractivity contribution in [3.8, 4) is 0 Å². The van der Waals surface area contributed by atoms with E-state index in [0.29, 0.717) is 4.88 Å². The van der Waals surface area contributed by atoms with Crippen LogP contribution in [0.2, 0.25) is 0 Å². The second kappa shape index (κ2) is 5.97. The summed E-state index contributed by atoms with van der Waals surface area (Å²) in [6.07, 6.45) is 0. The molecule has 0 radical (unpaired) electrons. The minimum absolute atomic E-state index is 0.00648. The molecule has 0 aliphatic carbocycles. The molecule has 1 aromatic heterocycles. The van der Waals surface area contributed by atoms with Gasteiger partial charge in [-0.2, -0.15) is 0 Å². The summed E-state index contributed by atoms with van der Waals surface area (Å²) < 4.78 is 0. The maximum Gasteiger partial charge on any atom is 0.261 e. The summed E-state index contributed by atoms with van der Waals surface area (Å²) in [5, 5.41) is 4.50. The Balaban J connectivity index is 1.76. The maximum atomic E-state index is 11.9. The molecule has 1 aromatic rings. The fraction of sp³-hybridized carbons (Fsp3) is 0.500. The number of piperazine rings is 1. The summed E-state index contributed by atoms with van der Waals surface area (Å²) in [5.74, 6) is -0.180. The van der Waals surface area contributed by atoms with Gasteiger partial charge >= 0.3 is 0 Å². The minimum Gasteiger partial charge on any atom is -0.342 e. The zero-order valence-electron chi connectivity index (χ0n) is 10.4. The van der Waals surface area contributed by atoms with Gasteiger partial charge in [-0.15, -0.1) is 11.3 Å². The second-order valence-corrected chi connectivity index (χ2v) is 5.29. The van der Waals surface area contributed by atoms with Crippen LogP contribution in [0.4, 0.5) is 0 Å². The lowest BCUT2D eigenvalue weighted by molar-refractivity contribution is -0.131. The molecule has 98 valence electrons. The van der Waals surface area contributed by atoms with Gasteiger partial charge in [-0.25, -0.2) is 0 Å². The van der Waals surface area contributed by atoms with Gasteiger partial charge in [0.05, 0.1) is 11.4 Å². The Morgan fingerprint density at radius 1 is 1.33 bits per heavy atom. The van der Waals surface area contributed by atoms with Gasteiger partial charge in [0.2, 0.25) is 5.91 Å². The summed E-state index contributed by atoms with van der Waals surface area (Å²) in [7, 11) is 2.04. The number of carbonyl (C=O) groups is 2. The average Bonchev–Trinajstić information content (AvgIpc) is 2.90. The molecule has 2 heterocycles. The number of likely N-dealkylation sites (N-methyl/N-ethyl adjacent to an activating group) is 1. The monoisotopic (exact) mass is 267 g/mol. The second-order valence-electron chi connectivity index (χ2n) is 4.34. The first-order valence-corrected chi connectivity index (χ1v) is 6.83. The SMILES string of the molecule is CN1CCN(C(=O)CNC(=O)c2cccs2)CC1. The summed E-state index contributed by atoms with van der Waals surface area (Å²) >= 11 is 1.37. The summed E-state index contributed by atoms with van der Waals surface area (Å²) in [6.45, 7) is 3.35. The molecule has 2 rings (SSSR count). The van der Waals surface area contributed by atoms with Crippen LogP contribution in [-0.2, 0) is 4.79 Å². The van der Waals surface area contributed by atoms with E-state index in [-0.39, 0.29) is 18.4 Å². The van der Waals surface area contributed by atoms with Gasteiger partial charge in [-0.05, 0) is 18.5 Å². The van der Waals surface area contributed by atoms with Crippen molar-refractivity contribution in [1.82, 2.24) is 15.1 Å². The van der Waals surface area contributed by atoms with Crippen molar-refractivity contribution in [3.63, 3.8) is 0 Å². The smallest absolute Gasteiger partial charge is 0.261 e. The number of hydrogen-bond donors (Lipinski definition) is 1. The molecule has 1 saturated heterocycles. The van der Waals surface area contributed by atoms with Crippen molar-refractivity contribution in [2.45, 2.75) is 0 Å². The molecular formula is C12H17N3O2S. The zero-order chi connectivity index (χ0) is 13.0. The van der Waals surface area contributed by atoms with E-state index < -0.39 is 0 Å². The number of thiophene rings is 1. The van der Waals surface area contributed by atoms with E-state index in [0.717, 1.165) is 26.2 Å². The van der Waals surface area contributed by atoms with Crippen molar-refractivity contribution in [2.75, 3.05) is 39.8 Å². The fourth-order valence-corrected chi connectivity index (χ4v) is 2.46. The van der Waals surface area contributed by atoms with Gasteiger partial charge in [-0.1, -0.05) is 6.07 Å². The third kappa shape index (κ3) is 3.30. The predicted octanol–water partition coefficient (Wildman–Crippen LogP) is 0.252. The van der Waals surface area contributed by atoms with Crippen molar-refractivity contribution in [2.24, 2.45) is 0 Å². The van der Waals surface area contributed by atoms with E-state index in [1.165, 1.54) is 11.3 Å². The van der Waals surface area contributed by atoms with Crippen molar-refractivity contribution in [3.05, 3.63) is 22.4 Å². The highest BCUT2D eigenvalue weighted by molar-refractivity contribution is 7.12. The largest absolute Gasteiger partial charge is 0.342 e. The van der Waals surface area contributed by atoms with E-state index in [9.17, 15) is 9.59 Å². The summed E-state index contributed by atoms with van der Waals surface area (Å²) in [5.41, 5.74) is 0. The molecule has 6 heteroatoms. The molecule has 0 atom stereocenters. The Labute approximate surface area is 110 Å². The van der Waals surface area contributed by atoms with E-state index in [4.69, 9.17) is 0 Å². The fourth-order valence-electron chi connectivity index (χ4n) is 1.82. The normalized spacial score (nSPS) is 16.6. The average molecular weight is 267 g/mol. The number of rotatable bonds is 3. The Kier molecular flexibility index (Phi) is 4.33. The molecule has 0 spiro atoms. The minimum atomic E-state index is -0.174. The van der Waals surface area contributed by atoms with E-state index in [1.807, 2.05) is 18.5 Å². The zero-order valence-corrected chi connectivity index (χ0v) is 11.2. The highest BCUT2D eigenvalue weighted by Gasteiger charge is 2.19. The van der Waals surface area contributed by atoms with Crippen LogP contribution < -0.4 is 5.32 Å². The quantitative estimate of drug-likeness (QED) is 0.854. The highest BCUT2D eigenvalue weighted by Crippen LogP contribution is 2.07. The Morgan fingerprint density at radius 2 is 2.06 bits per heavy atom. The third-order valence-corrected chi connectivity index (χ3v) is 3.87. The van der Waals surface area contributed by atoms with E-state index in [2.05, 4.69) is 10.2 Å². The van der Waals surface area contributed by atoms with Crippen molar-refractivity contribution in [1.29, 1.82) is 0 Å². The molecule has 5 nitrogen and oxygen atoms in total. The lowest BCUT2D eigenvalue weighted by Gasteiger charge is -2.32. The van der Waals surface area contributed by atoms with E-state index in [1.54, 1.807) is 11.0 Å². The van der Waals surface area contributed by atoms with Crippen molar-refractivity contribution >= 4 is 23.2 Å². The number of amides is 2. The molecule has 1 N–H and O–H groups in total. The van der Waals surface area contributed by atoms with Gasteiger partial charge in [0.15, 0.2) is 0 Å². The van der Waals surface area contributed by atoms with Crippen LogP contribution in [0, 0.1) is 0 Å². The van der Waals surface area contributed by atoms with Crippen LogP contribution >= 0.6 is 11.3 Å². The van der Waals surface area contributed by atoms with Crippen LogP contribution in [0.5, 0.6) is 0 Å². The predicted molar refractivity (Wildman–Crippen MR) is 70.7 cm³/mol. The van der Waals surface area contributed by atoms with Crippen LogP contribution in [0.3, 0.4) is 0 Å². The van der Waals surface area contributed by atoms with Gasteiger partial charge in [-0.3, -0.25) is 9.59 Å². The number of carbonyl (C=O) groups excluding carboxylic acids is 2. The molecule has 2 amide bonds. The number of nitrogens with zero attached hydrogens (tertiary/aromatic N) is 2. The Hall–Kier alpha value is -1.40. The molecule has 0 saturated carbocycles. The number of hydrogen-bond acceptors (Lipinski definition) is 4. The van der Waals surface area contributed by atoms with Crippen LogP contribution in [-0.4, -0.2) is 61.4 Å². The van der Waals surface area contributed by atoms with Gasteiger partial charge < -0.3 is 15.1 Å². The van der Waals surface area contributed by atoms with Crippen LogP contribution in [0.25, 0.3) is 0 Å². The first-order chi connectivity index (χ1) is 8.66.